The molecule has 0 aliphatic carbocycles. The number of nitrogens with zero attached hydrogens (tertiary/aromatic N) is 2. The molecule has 0 radical (unpaired) electrons. The molecule has 0 saturated heterocycles. The molecule has 1 aliphatic heterocycles. The summed E-state index contributed by atoms with van der Waals surface area (Å²) in [4.78, 5) is 26.9. The van der Waals surface area contributed by atoms with E-state index in [4.69, 9.17) is 0 Å². The van der Waals surface area contributed by atoms with Crippen LogP contribution in [0.4, 0.5) is 5.69 Å². The zero-order chi connectivity index (χ0) is 19.0. The normalized spacial score (nSPS) is 15.8. The molecule has 4 heteroatoms. The average Bonchev–Trinajstić information content (AvgIpc) is 3.02. The van der Waals surface area contributed by atoms with Gasteiger partial charge in [0.15, 0.2) is 12.4 Å². The first-order chi connectivity index (χ1) is 13.1. The molecule has 1 amide bonds. The fourth-order valence-electron chi connectivity index (χ4n) is 3.89. The first kappa shape index (κ1) is 17.4. The number of anilines is 1. The van der Waals surface area contributed by atoms with Crippen molar-refractivity contribution < 1.29 is 14.2 Å². The maximum Gasteiger partial charge on any atom is 0.227 e. The molecule has 2 aromatic carbocycles. The Balaban J connectivity index is 1.58. The van der Waals surface area contributed by atoms with Crippen molar-refractivity contribution in [2.45, 2.75) is 39.3 Å². The number of carbonyl (C=O) groups excluding carboxylic acids is 2. The highest BCUT2D eigenvalue weighted by molar-refractivity contribution is 5.99. The average molecular weight is 359 g/mol. The number of rotatable bonds is 4. The second-order valence-corrected chi connectivity index (χ2v) is 7.18. The molecule has 1 aliphatic rings. The molecule has 2 heterocycles. The Morgan fingerprint density at radius 3 is 2.67 bits per heavy atom. The third-order valence-electron chi connectivity index (χ3n) is 5.26. The first-order valence-electron chi connectivity index (χ1n) is 9.43. The smallest absolute Gasteiger partial charge is 0.227 e. The van der Waals surface area contributed by atoms with Crippen molar-refractivity contribution in [3.63, 3.8) is 0 Å². The number of carbonyl (C=O) groups is 2. The van der Waals surface area contributed by atoms with Gasteiger partial charge in [0.25, 0.3) is 0 Å². The Bertz CT molecular complexity index is 1040. The summed E-state index contributed by atoms with van der Waals surface area (Å²) in [5.74, 6) is 0.207. The molecule has 0 fully saturated rings. The third kappa shape index (κ3) is 3.23. The second kappa shape index (κ2) is 6.95. The highest BCUT2D eigenvalue weighted by Gasteiger charge is 2.30. The van der Waals surface area contributed by atoms with Crippen molar-refractivity contribution in [1.29, 1.82) is 0 Å². The quantitative estimate of drug-likeness (QED) is 0.526. The van der Waals surface area contributed by atoms with Crippen molar-refractivity contribution >= 4 is 28.2 Å². The molecule has 0 saturated carbocycles. The van der Waals surface area contributed by atoms with E-state index in [0.29, 0.717) is 18.5 Å². The van der Waals surface area contributed by atoms with E-state index in [9.17, 15) is 9.59 Å². The van der Waals surface area contributed by atoms with Crippen LogP contribution in [0.5, 0.6) is 0 Å². The largest absolute Gasteiger partial charge is 0.309 e. The Morgan fingerprint density at radius 2 is 1.89 bits per heavy atom. The number of aromatic nitrogens is 1. The van der Waals surface area contributed by atoms with Crippen LogP contribution in [0.2, 0.25) is 0 Å². The summed E-state index contributed by atoms with van der Waals surface area (Å²) < 4.78 is 1.92. The van der Waals surface area contributed by atoms with Crippen LogP contribution in [0, 0.1) is 0 Å². The van der Waals surface area contributed by atoms with Crippen LogP contribution in [-0.2, 0) is 17.8 Å². The SMILES string of the molecule is CCC(=O)N1c2ccc(C(=O)C[n+]3ccc4ccccc4c3)cc2C[C@@H]1C. The number of hydrogen-bond donors (Lipinski definition) is 0. The Kier molecular flexibility index (Phi) is 4.48. The number of benzene rings is 2. The van der Waals surface area contributed by atoms with E-state index >= 15 is 0 Å². The van der Waals surface area contributed by atoms with Crippen LogP contribution in [0.3, 0.4) is 0 Å². The summed E-state index contributed by atoms with van der Waals surface area (Å²) >= 11 is 0. The van der Waals surface area contributed by atoms with E-state index < -0.39 is 0 Å². The lowest BCUT2D eigenvalue weighted by atomic mass is 10.0. The second-order valence-electron chi connectivity index (χ2n) is 7.18. The van der Waals surface area contributed by atoms with Crippen molar-refractivity contribution in [2.75, 3.05) is 4.90 Å². The van der Waals surface area contributed by atoms with E-state index in [-0.39, 0.29) is 17.7 Å². The minimum atomic E-state index is 0.0750. The number of hydrogen-bond acceptors (Lipinski definition) is 2. The van der Waals surface area contributed by atoms with E-state index in [0.717, 1.165) is 28.4 Å². The van der Waals surface area contributed by atoms with Crippen LogP contribution in [0.25, 0.3) is 10.8 Å². The van der Waals surface area contributed by atoms with E-state index in [1.807, 2.05) is 71.2 Å². The fourth-order valence-corrected chi connectivity index (χ4v) is 3.89. The van der Waals surface area contributed by atoms with Gasteiger partial charge in [-0.2, -0.15) is 4.57 Å². The molecule has 27 heavy (non-hydrogen) atoms. The summed E-state index contributed by atoms with van der Waals surface area (Å²) in [5, 5.41) is 2.28. The number of ketones is 1. The van der Waals surface area contributed by atoms with E-state index in [1.165, 1.54) is 0 Å². The maximum absolute atomic E-state index is 12.8. The van der Waals surface area contributed by atoms with Gasteiger partial charge < -0.3 is 4.90 Å². The van der Waals surface area contributed by atoms with Crippen LogP contribution in [0.1, 0.15) is 36.2 Å². The Labute approximate surface area is 159 Å². The summed E-state index contributed by atoms with van der Waals surface area (Å²) in [5.41, 5.74) is 2.73. The highest BCUT2D eigenvalue weighted by atomic mass is 16.2. The van der Waals surface area contributed by atoms with Gasteiger partial charge in [-0.1, -0.05) is 25.1 Å². The van der Waals surface area contributed by atoms with Crippen molar-refractivity contribution in [3.8, 4) is 0 Å². The number of fused-ring (bicyclic) bond motifs is 2. The van der Waals surface area contributed by atoms with E-state index in [2.05, 4.69) is 13.0 Å². The van der Waals surface area contributed by atoms with Gasteiger partial charge in [-0.15, -0.1) is 0 Å². The summed E-state index contributed by atoms with van der Waals surface area (Å²) in [6, 6.07) is 16.0. The van der Waals surface area contributed by atoms with Crippen molar-refractivity contribution in [2.24, 2.45) is 0 Å². The minimum Gasteiger partial charge on any atom is -0.309 e. The van der Waals surface area contributed by atoms with Gasteiger partial charge in [-0.25, -0.2) is 0 Å². The monoisotopic (exact) mass is 359 g/mol. The van der Waals surface area contributed by atoms with Gasteiger partial charge in [0.1, 0.15) is 0 Å². The van der Waals surface area contributed by atoms with Crippen LogP contribution in [-0.4, -0.2) is 17.7 Å². The number of amides is 1. The first-order valence-corrected chi connectivity index (χ1v) is 9.43. The lowest BCUT2D eigenvalue weighted by Crippen LogP contribution is -2.37. The molecular weight excluding hydrogens is 336 g/mol. The molecule has 4 rings (SSSR count). The molecule has 1 atom stereocenters. The molecule has 0 bridgehead atoms. The van der Waals surface area contributed by atoms with Gasteiger partial charge in [-0.3, -0.25) is 9.59 Å². The lowest BCUT2D eigenvalue weighted by Gasteiger charge is -2.22. The number of pyridine rings is 1. The van der Waals surface area contributed by atoms with Gasteiger partial charge in [0, 0.05) is 35.2 Å². The van der Waals surface area contributed by atoms with Crippen molar-refractivity contribution in [1.82, 2.24) is 0 Å². The minimum absolute atomic E-state index is 0.0750. The molecule has 0 N–H and O–H groups in total. The highest BCUT2D eigenvalue weighted by Crippen LogP contribution is 2.33. The molecule has 1 aromatic heterocycles. The fraction of sp³-hybridized carbons (Fsp3) is 0.261. The lowest BCUT2D eigenvalue weighted by molar-refractivity contribution is -0.681. The maximum atomic E-state index is 12.8. The van der Waals surface area contributed by atoms with Gasteiger partial charge in [0.05, 0.1) is 0 Å². The standard InChI is InChI=1S/C23H23N2O2/c1-3-23(27)25-16(2)12-20-13-18(8-9-21(20)25)22(26)15-24-11-10-17-6-4-5-7-19(17)14-24/h4-11,13-14,16H,3,12,15H2,1-2H3/q+1/t16-/m0/s1. The molecule has 3 aromatic rings. The topological polar surface area (TPSA) is 41.3 Å². The van der Waals surface area contributed by atoms with Crippen LogP contribution < -0.4 is 9.47 Å². The van der Waals surface area contributed by atoms with Crippen LogP contribution in [0.15, 0.2) is 60.9 Å². The van der Waals surface area contributed by atoms with Gasteiger partial charge in [-0.05, 0) is 48.6 Å². The summed E-state index contributed by atoms with van der Waals surface area (Å²) in [6.07, 6.45) is 5.23. The molecule has 136 valence electrons. The summed E-state index contributed by atoms with van der Waals surface area (Å²) in [7, 11) is 0. The zero-order valence-corrected chi connectivity index (χ0v) is 15.7. The van der Waals surface area contributed by atoms with Gasteiger partial charge in [0.2, 0.25) is 18.2 Å². The molecule has 4 nitrogen and oxygen atoms in total. The molecular formula is C23H23N2O2+. The van der Waals surface area contributed by atoms with Crippen LogP contribution >= 0.6 is 0 Å². The van der Waals surface area contributed by atoms with E-state index in [1.54, 1.807) is 0 Å². The molecule has 0 spiro atoms. The zero-order valence-electron chi connectivity index (χ0n) is 15.7. The Morgan fingerprint density at radius 1 is 1.11 bits per heavy atom. The Hall–Kier alpha value is -3.01. The third-order valence-corrected chi connectivity index (χ3v) is 5.26. The molecule has 0 unspecified atom stereocenters. The van der Waals surface area contributed by atoms with Crippen molar-refractivity contribution in [3.05, 3.63) is 72.1 Å². The predicted molar refractivity (Wildman–Crippen MR) is 106 cm³/mol. The summed E-state index contributed by atoms with van der Waals surface area (Å²) in [6.45, 7) is 4.24. The predicted octanol–water partition coefficient (Wildman–Crippen LogP) is 3.70. The van der Waals surface area contributed by atoms with Gasteiger partial charge >= 0.3 is 0 Å². The number of Topliss-reactive ketones (excluding diaryl/α,β-unsaturated/α-hetero) is 1.